The summed E-state index contributed by atoms with van der Waals surface area (Å²) >= 11 is 0. The molecule has 0 N–H and O–H groups in total. The van der Waals surface area contributed by atoms with Crippen molar-refractivity contribution < 1.29 is 23.0 Å². The summed E-state index contributed by atoms with van der Waals surface area (Å²) in [5, 5.41) is 4.53. The fourth-order valence-electron chi connectivity index (χ4n) is 5.47. The predicted octanol–water partition coefficient (Wildman–Crippen LogP) is 5.61. The summed E-state index contributed by atoms with van der Waals surface area (Å²) in [5.74, 6) is -0.858. The topological polar surface area (TPSA) is 84.2 Å². The standard InChI is InChI=1S/C30H31F2N5O3/c1-17-27(16-39-15-18-13-38-14-18)36-30-26(34-17)10-25(35-29(30)23-5-2-21(31)9-24(23)32)19-6-7-40-28(8-19)20-11-33-37(12-20)22-3-4-22/h2,5,9-12,18-19,22,28H,3-4,6-8,13-16H2,1H3/t19-,28+/m0/s1. The molecular formula is C30H31F2N5O3. The number of hydrogen-bond donors (Lipinski definition) is 0. The molecule has 0 spiro atoms. The summed E-state index contributed by atoms with van der Waals surface area (Å²) in [6.45, 7) is 4.77. The highest BCUT2D eigenvalue weighted by Gasteiger charge is 2.30. The van der Waals surface area contributed by atoms with Crippen molar-refractivity contribution in [1.82, 2.24) is 24.7 Å². The van der Waals surface area contributed by atoms with Gasteiger partial charge in [0.25, 0.3) is 0 Å². The molecule has 0 bridgehead atoms. The summed E-state index contributed by atoms with van der Waals surface area (Å²) in [7, 11) is 0. The molecule has 2 aliphatic heterocycles. The van der Waals surface area contributed by atoms with E-state index in [-0.39, 0.29) is 24.2 Å². The Bertz CT molecular complexity index is 1550. The normalized spacial score (nSPS) is 21.6. The molecule has 0 unspecified atom stereocenters. The van der Waals surface area contributed by atoms with Gasteiger partial charge in [0.15, 0.2) is 0 Å². The van der Waals surface area contributed by atoms with Gasteiger partial charge in [-0.2, -0.15) is 5.10 Å². The highest BCUT2D eigenvalue weighted by atomic mass is 19.1. The highest BCUT2D eigenvalue weighted by molar-refractivity contribution is 5.89. The molecule has 10 heteroatoms. The van der Waals surface area contributed by atoms with Gasteiger partial charge in [-0.25, -0.2) is 23.7 Å². The Kier molecular flexibility index (Phi) is 6.77. The largest absolute Gasteiger partial charge is 0.381 e. The quantitative estimate of drug-likeness (QED) is 0.284. The molecule has 208 valence electrons. The van der Waals surface area contributed by atoms with Gasteiger partial charge in [-0.1, -0.05) is 0 Å². The van der Waals surface area contributed by atoms with Gasteiger partial charge in [-0.3, -0.25) is 4.68 Å². The molecule has 4 aromatic rings. The lowest BCUT2D eigenvalue weighted by molar-refractivity contribution is -0.0749. The molecule has 1 saturated carbocycles. The number of ether oxygens (including phenoxy) is 3. The van der Waals surface area contributed by atoms with E-state index in [9.17, 15) is 4.39 Å². The second kappa shape index (κ2) is 10.6. The molecule has 7 rings (SSSR count). The Hall–Kier alpha value is -3.34. The van der Waals surface area contributed by atoms with Gasteiger partial charge >= 0.3 is 0 Å². The summed E-state index contributed by atoms with van der Waals surface area (Å²) in [6.07, 6.45) is 7.74. The molecule has 40 heavy (non-hydrogen) atoms. The van der Waals surface area contributed by atoms with Gasteiger partial charge in [0.2, 0.25) is 0 Å². The molecule has 1 aliphatic carbocycles. The molecule has 2 atom stereocenters. The van der Waals surface area contributed by atoms with Crippen LogP contribution in [0.3, 0.4) is 0 Å². The van der Waals surface area contributed by atoms with E-state index in [1.165, 1.54) is 25.0 Å². The molecule has 3 aliphatic rings. The number of aryl methyl sites for hydroxylation is 1. The van der Waals surface area contributed by atoms with Crippen molar-refractivity contribution in [2.75, 3.05) is 26.4 Å². The molecule has 8 nitrogen and oxygen atoms in total. The van der Waals surface area contributed by atoms with Crippen LogP contribution in [0.15, 0.2) is 36.7 Å². The number of aromatic nitrogens is 5. The second-order valence-corrected chi connectivity index (χ2v) is 11.1. The Balaban J connectivity index is 1.24. The molecule has 0 amide bonds. The number of benzene rings is 1. The minimum absolute atomic E-state index is 0.0736. The van der Waals surface area contributed by atoms with Crippen molar-refractivity contribution in [1.29, 1.82) is 0 Å². The number of hydrogen-bond acceptors (Lipinski definition) is 7. The van der Waals surface area contributed by atoms with Crippen LogP contribution in [0.1, 0.15) is 66.4 Å². The van der Waals surface area contributed by atoms with E-state index in [4.69, 9.17) is 29.2 Å². The first-order valence-electron chi connectivity index (χ1n) is 14.0. The lowest BCUT2D eigenvalue weighted by atomic mass is 9.89. The third-order valence-corrected chi connectivity index (χ3v) is 8.05. The van der Waals surface area contributed by atoms with Crippen molar-refractivity contribution in [3.63, 3.8) is 0 Å². The minimum atomic E-state index is -0.687. The predicted molar refractivity (Wildman–Crippen MR) is 143 cm³/mol. The first kappa shape index (κ1) is 25.6. The number of rotatable bonds is 8. The van der Waals surface area contributed by atoms with Gasteiger partial charge in [-0.05, 0) is 50.8 Å². The molecular weight excluding hydrogens is 516 g/mol. The molecule has 0 radical (unpaired) electrons. The van der Waals surface area contributed by atoms with E-state index in [1.807, 2.05) is 23.9 Å². The van der Waals surface area contributed by atoms with Crippen molar-refractivity contribution in [2.24, 2.45) is 5.92 Å². The number of nitrogens with zero attached hydrogens (tertiary/aromatic N) is 5. The summed E-state index contributed by atoms with van der Waals surface area (Å²) < 4.78 is 48.2. The van der Waals surface area contributed by atoms with E-state index < -0.39 is 11.6 Å². The average Bonchev–Trinajstić information content (AvgIpc) is 3.66. The average molecular weight is 548 g/mol. The van der Waals surface area contributed by atoms with E-state index >= 15 is 4.39 Å². The van der Waals surface area contributed by atoms with Crippen molar-refractivity contribution in [3.8, 4) is 11.3 Å². The van der Waals surface area contributed by atoms with Gasteiger partial charge in [0.05, 0.1) is 61.7 Å². The van der Waals surface area contributed by atoms with E-state index in [0.29, 0.717) is 60.8 Å². The van der Waals surface area contributed by atoms with Crippen LogP contribution in [0, 0.1) is 24.5 Å². The molecule has 3 aromatic heterocycles. The van der Waals surface area contributed by atoms with Gasteiger partial charge < -0.3 is 14.2 Å². The highest BCUT2D eigenvalue weighted by Crippen LogP contribution is 2.40. The smallest absolute Gasteiger partial charge is 0.135 e. The number of fused-ring (bicyclic) bond motifs is 1. The zero-order chi connectivity index (χ0) is 27.2. The van der Waals surface area contributed by atoms with E-state index in [1.54, 1.807) is 0 Å². The van der Waals surface area contributed by atoms with Crippen LogP contribution in [0.2, 0.25) is 0 Å². The van der Waals surface area contributed by atoms with Crippen LogP contribution in [-0.2, 0) is 20.8 Å². The van der Waals surface area contributed by atoms with Crippen molar-refractivity contribution in [3.05, 3.63) is 70.9 Å². The second-order valence-electron chi connectivity index (χ2n) is 11.1. The first-order chi connectivity index (χ1) is 19.5. The molecule has 2 saturated heterocycles. The Labute approximate surface area is 230 Å². The monoisotopic (exact) mass is 547 g/mol. The van der Waals surface area contributed by atoms with Crippen LogP contribution in [0.25, 0.3) is 22.3 Å². The zero-order valence-electron chi connectivity index (χ0n) is 22.4. The van der Waals surface area contributed by atoms with E-state index in [0.717, 1.165) is 35.9 Å². The van der Waals surface area contributed by atoms with Crippen LogP contribution in [-0.4, -0.2) is 51.2 Å². The maximum atomic E-state index is 15.1. The third-order valence-electron chi connectivity index (χ3n) is 8.05. The fraction of sp³-hybridized carbons (Fsp3) is 0.467. The van der Waals surface area contributed by atoms with Gasteiger partial charge in [0, 0.05) is 47.5 Å². The summed E-state index contributed by atoms with van der Waals surface area (Å²) in [5.41, 5.74) is 4.94. The van der Waals surface area contributed by atoms with Crippen molar-refractivity contribution >= 4 is 11.0 Å². The van der Waals surface area contributed by atoms with Crippen LogP contribution >= 0.6 is 0 Å². The Morgan fingerprint density at radius 3 is 2.73 bits per heavy atom. The summed E-state index contributed by atoms with van der Waals surface area (Å²) in [6, 6.07) is 6.00. The van der Waals surface area contributed by atoms with Gasteiger partial charge in [0.1, 0.15) is 22.8 Å². The molecule has 3 fully saturated rings. The lowest BCUT2D eigenvalue weighted by Crippen LogP contribution is -2.31. The Morgan fingerprint density at radius 1 is 1.07 bits per heavy atom. The lowest BCUT2D eigenvalue weighted by Gasteiger charge is -2.29. The third kappa shape index (κ3) is 5.11. The number of halogens is 2. The van der Waals surface area contributed by atoms with Crippen LogP contribution in [0.4, 0.5) is 8.78 Å². The van der Waals surface area contributed by atoms with Gasteiger partial charge in [-0.15, -0.1) is 0 Å². The summed E-state index contributed by atoms with van der Waals surface area (Å²) in [4.78, 5) is 14.7. The van der Waals surface area contributed by atoms with Crippen LogP contribution < -0.4 is 0 Å². The maximum Gasteiger partial charge on any atom is 0.135 e. The van der Waals surface area contributed by atoms with Crippen molar-refractivity contribution in [2.45, 2.75) is 57.3 Å². The zero-order valence-corrected chi connectivity index (χ0v) is 22.4. The minimum Gasteiger partial charge on any atom is -0.381 e. The maximum absolute atomic E-state index is 15.1. The van der Waals surface area contributed by atoms with Crippen LogP contribution in [0.5, 0.6) is 0 Å². The molecule has 1 aromatic carbocycles. The Morgan fingerprint density at radius 2 is 1.95 bits per heavy atom. The molecule has 5 heterocycles. The SMILES string of the molecule is Cc1nc2cc([C@H]3CCO[C@@H](c4cnn(C5CC5)c4)C3)nc(-c3ccc(F)cc3F)c2nc1COCC1COC1. The first-order valence-corrected chi connectivity index (χ1v) is 14.0. The fourth-order valence-corrected chi connectivity index (χ4v) is 5.47. The van der Waals surface area contributed by atoms with E-state index in [2.05, 4.69) is 11.3 Å². The number of pyridine rings is 1.